The molecule has 0 spiro atoms. The summed E-state index contributed by atoms with van der Waals surface area (Å²) in [7, 11) is 0. The molecule has 21 heavy (non-hydrogen) atoms. The Morgan fingerprint density at radius 3 is 2.57 bits per heavy atom. The number of nitrogens with one attached hydrogen (secondary N) is 1. The summed E-state index contributed by atoms with van der Waals surface area (Å²) in [6, 6.07) is 8.17. The Labute approximate surface area is 131 Å². The molecule has 0 aromatic heterocycles. The van der Waals surface area contributed by atoms with E-state index in [1.54, 1.807) is 0 Å². The summed E-state index contributed by atoms with van der Waals surface area (Å²) < 4.78 is 0. The highest BCUT2D eigenvalue weighted by molar-refractivity contribution is 6.30. The normalized spacial score (nSPS) is 33.5. The minimum atomic E-state index is -0.00405. The highest BCUT2D eigenvalue weighted by Crippen LogP contribution is 2.37. The van der Waals surface area contributed by atoms with Crippen molar-refractivity contribution in [3.8, 4) is 0 Å². The molecule has 0 radical (unpaired) electrons. The van der Waals surface area contributed by atoms with Crippen LogP contribution in [-0.4, -0.2) is 23.4 Å². The molecular formula is C17H23ClN2O. The molecule has 1 N–H and O–H groups in total. The van der Waals surface area contributed by atoms with Crippen molar-refractivity contribution >= 4 is 17.5 Å². The predicted octanol–water partition coefficient (Wildman–Crippen LogP) is 3.60. The minimum absolute atomic E-state index is 0.00405. The topological polar surface area (TPSA) is 32.3 Å². The molecule has 2 fully saturated rings. The molecule has 1 aliphatic heterocycles. The van der Waals surface area contributed by atoms with Gasteiger partial charge in [0.2, 0.25) is 5.91 Å². The molecule has 3 rings (SSSR count). The van der Waals surface area contributed by atoms with Crippen molar-refractivity contribution < 1.29 is 4.79 Å². The number of halogens is 1. The maximum atomic E-state index is 12.4. The molecule has 1 aromatic rings. The Morgan fingerprint density at radius 2 is 1.90 bits per heavy atom. The molecule has 1 aliphatic carbocycles. The van der Waals surface area contributed by atoms with Gasteiger partial charge in [-0.25, -0.2) is 0 Å². The Balaban J connectivity index is 1.84. The number of hydrogen-bond acceptors (Lipinski definition) is 2. The van der Waals surface area contributed by atoms with Gasteiger partial charge in [-0.05, 0) is 48.8 Å². The van der Waals surface area contributed by atoms with Crippen LogP contribution in [-0.2, 0) is 4.79 Å². The number of hydrogen-bond donors (Lipinski definition) is 1. The van der Waals surface area contributed by atoms with Crippen LogP contribution in [0.3, 0.4) is 0 Å². The van der Waals surface area contributed by atoms with Crippen LogP contribution in [0.25, 0.3) is 0 Å². The highest BCUT2D eigenvalue weighted by atomic mass is 35.5. The van der Waals surface area contributed by atoms with Gasteiger partial charge in [0.15, 0.2) is 0 Å². The fraction of sp³-hybridized carbons (Fsp3) is 0.588. The summed E-state index contributed by atoms with van der Waals surface area (Å²) in [4.78, 5) is 14.5. The van der Waals surface area contributed by atoms with Gasteiger partial charge in [-0.3, -0.25) is 10.1 Å². The summed E-state index contributed by atoms with van der Waals surface area (Å²) in [5.41, 5.74) is 1.12. The van der Waals surface area contributed by atoms with Crippen LogP contribution < -0.4 is 5.32 Å². The van der Waals surface area contributed by atoms with Crippen molar-refractivity contribution in [2.24, 2.45) is 11.8 Å². The van der Waals surface area contributed by atoms with Crippen molar-refractivity contribution in [1.29, 1.82) is 0 Å². The SMILES string of the molecule is CC1CCC(N2C(=O)CNC2c2ccc(Cl)cc2)C(C)C1. The van der Waals surface area contributed by atoms with Gasteiger partial charge in [-0.15, -0.1) is 0 Å². The van der Waals surface area contributed by atoms with E-state index in [0.29, 0.717) is 18.5 Å². The van der Waals surface area contributed by atoms with E-state index in [1.807, 2.05) is 24.3 Å². The lowest BCUT2D eigenvalue weighted by Crippen LogP contribution is -2.45. The molecule has 1 heterocycles. The first-order valence-electron chi connectivity index (χ1n) is 7.86. The number of amides is 1. The van der Waals surface area contributed by atoms with Crippen LogP contribution in [0.5, 0.6) is 0 Å². The van der Waals surface area contributed by atoms with E-state index in [2.05, 4.69) is 24.1 Å². The monoisotopic (exact) mass is 306 g/mol. The summed E-state index contributed by atoms with van der Waals surface area (Å²) in [5, 5.41) is 4.09. The zero-order valence-electron chi connectivity index (χ0n) is 12.7. The number of nitrogens with zero attached hydrogens (tertiary/aromatic N) is 1. The largest absolute Gasteiger partial charge is 0.319 e. The van der Waals surface area contributed by atoms with Crippen molar-refractivity contribution in [3.05, 3.63) is 34.9 Å². The summed E-state index contributed by atoms with van der Waals surface area (Å²) in [6.07, 6.45) is 3.53. The number of benzene rings is 1. The second-order valence-corrected chi connectivity index (χ2v) is 7.04. The Morgan fingerprint density at radius 1 is 1.19 bits per heavy atom. The van der Waals surface area contributed by atoms with Gasteiger partial charge in [0, 0.05) is 11.1 Å². The lowest BCUT2D eigenvalue weighted by atomic mass is 9.79. The molecule has 4 unspecified atom stereocenters. The first-order chi connectivity index (χ1) is 10.1. The number of carbonyl (C=O) groups is 1. The van der Waals surface area contributed by atoms with E-state index in [9.17, 15) is 4.79 Å². The Hall–Kier alpha value is -1.06. The third-order valence-corrected chi connectivity index (χ3v) is 5.19. The van der Waals surface area contributed by atoms with Crippen LogP contribution in [0.1, 0.15) is 44.8 Å². The summed E-state index contributed by atoms with van der Waals surface area (Å²) >= 11 is 5.97. The zero-order valence-corrected chi connectivity index (χ0v) is 13.4. The van der Waals surface area contributed by atoms with Crippen molar-refractivity contribution in [2.45, 2.75) is 45.3 Å². The lowest BCUT2D eigenvalue weighted by molar-refractivity contribution is -0.132. The van der Waals surface area contributed by atoms with E-state index < -0.39 is 0 Å². The fourth-order valence-electron chi connectivity index (χ4n) is 3.88. The average Bonchev–Trinajstić information content (AvgIpc) is 2.82. The van der Waals surface area contributed by atoms with Crippen LogP contribution >= 0.6 is 11.6 Å². The van der Waals surface area contributed by atoms with Crippen molar-refractivity contribution in [2.75, 3.05) is 6.54 Å². The zero-order chi connectivity index (χ0) is 15.0. The maximum absolute atomic E-state index is 12.4. The second-order valence-electron chi connectivity index (χ2n) is 6.60. The smallest absolute Gasteiger partial charge is 0.238 e. The van der Waals surface area contributed by atoms with E-state index in [4.69, 9.17) is 11.6 Å². The lowest BCUT2D eigenvalue weighted by Gasteiger charge is -2.41. The molecule has 1 saturated carbocycles. The molecule has 114 valence electrons. The number of carbonyl (C=O) groups excluding carboxylic acids is 1. The molecule has 1 aromatic carbocycles. The van der Waals surface area contributed by atoms with Gasteiger partial charge in [-0.1, -0.05) is 37.6 Å². The average molecular weight is 307 g/mol. The van der Waals surface area contributed by atoms with Gasteiger partial charge in [-0.2, -0.15) is 0 Å². The highest BCUT2D eigenvalue weighted by Gasteiger charge is 2.40. The molecule has 0 bridgehead atoms. The van der Waals surface area contributed by atoms with E-state index in [0.717, 1.165) is 22.9 Å². The van der Waals surface area contributed by atoms with Gasteiger partial charge >= 0.3 is 0 Å². The number of rotatable bonds is 2. The molecule has 4 heteroatoms. The second kappa shape index (κ2) is 5.98. The van der Waals surface area contributed by atoms with Crippen molar-refractivity contribution in [1.82, 2.24) is 10.2 Å². The quantitative estimate of drug-likeness (QED) is 0.905. The Kier molecular flexibility index (Phi) is 4.23. The van der Waals surface area contributed by atoms with E-state index >= 15 is 0 Å². The summed E-state index contributed by atoms with van der Waals surface area (Å²) in [5.74, 6) is 1.56. The fourth-order valence-corrected chi connectivity index (χ4v) is 4.01. The molecule has 1 saturated heterocycles. The Bertz CT molecular complexity index is 516. The molecule has 2 aliphatic rings. The molecular weight excluding hydrogens is 284 g/mol. The van der Waals surface area contributed by atoms with Crippen LogP contribution in [0.4, 0.5) is 0 Å². The van der Waals surface area contributed by atoms with Gasteiger partial charge in [0.05, 0.1) is 6.54 Å². The van der Waals surface area contributed by atoms with Gasteiger partial charge in [0.1, 0.15) is 6.17 Å². The molecule has 1 amide bonds. The molecule has 3 nitrogen and oxygen atoms in total. The predicted molar refractivity (Wildman–Crippen MR) is 85.0 cm³/mol. The first-order valence-corrected chi connectivity index (χ1v) is 8.24. The van der Waals surface area contributed by atoms with Crippen LogP contribution in [0.15, 0.2) is 24.3 Å². The van der Waals surface area contributed by atoms with E-state index in [-0.39, 0.29) is 12.1 Å². The van der Waals surface area contributed by atoms with Gasteiger partial charge < -0.3 is 4.90 Å². The van der Waals surface area contributed by atoms with E-state index in [1.165, 1.54) is 12.8 Å². The summed E-state index contributed by atoms with van der Waals surface area (Å²) in [6.45, 7) is 5.03. The standard InChI is InChI=1S/C17H23ClN2O/c1-11-3-8-15(12(2)9-11)20-16(21)10-19-17(20)13-4-6-14(18)7-5-13/h4-7,11-12,15,17,19H,3,8-10H2,1-2H3. The minimum Gasteiger partial charge on any atom is -0.319 e. The third-order valence-electron chi connectivity index (χ3n) is 4.94. The van der Waals surface area contributed by atoms with Gasteiger partial charge in [0.25, 0.3) is 0 Å². The van der Waals surface area contributed by atoms with Crippen molar-refractivity contribution in [3.63, 3.8) is 0 Å². The van der Waals surface area contributed by atoms with Crippen LogP contribution in [0, 0.1) is 11.8 Å². The first kappa shape index (κ1) is 14.9. The third kappa shape index (κ3) is 2.95. The molecule has 4 atom stereocenters. The van der Waals surface area contributed by atoms with Crippen LogP contribution in [0.2, 0.25) is 5.02 Å². The maximum Gasteiger partial charge on any atom is 0.238 e.